The van der Waals surface area contributed by atoms with Gasteiger partial charge in [-0.3, -0.25) is 9.59 Å². The van der Waals surface area contributed by atoms with Crippen LogP contribution in [0.3, 0.4) is 0 Å². The first-order valence-corrected chi connectivity index (χ1v) is 8.57. The number of hydrogen-bond acceptors (Lipinski definition) is 4. The predicted molar refractivity (Wildman–Crippen MR) is 92.6 cm³/mol. The standard InChI is InChI=1S/C19H26N2O2/c20-12-8-4-2-1-3-5-9-13-21-17-14-18(22)15-10-6-7-11-16(15)19(17)23/h6-7,10-11,14,21H,1-5,8-9,12-13,20H2. The number of unbranched alkanes of at least 4 members (excludes halogenated alkanes) is 6. The van der Waals surface area contributed by atoms with Gasteiger partial charge in [0.1, 0.15) is 0 Å². The van der Waals surface area contributed by atoms with Crippen molar-refractivity contribution in [3.63, 3.8) is 0 Å². The number of nitrogens with one attached hydrogen (secondary N) is 1. The van der Waals surface area contributed by atoms with Crippen LogP contribution in [0.1, 0.15) is 65.7 Å². The van der Waals surface area contributed by atoms with Crippen LogP contribution in [0.4, 0.5) is 0 Å². The van der Waals surface area contributed by atoms with E-state index in [1.807, 2.05) is 0 Å². The molecule has 0 atom stereocenters. The maximum atomic E-state index is 12.3. The summed E-state index contributed by atoms with van der Waals surface area (Å²) in [5.74, 6) is -0.176. The van der Waals surface area contributed by atoms with Crippen molar-refractivity contribution in [1.82, 2.24) is 5.32 Å². The Kier molecular flexibility index (Phi) is 7.01. The van der Waals surface area contributed by atoms with Crippen LogP contribution in [0.15, 0.2) is 36.0 Å². The van der Waals surface area contributed by atoms with Crippen LogP contribution in [0, 0.1) is 0 Å². The predicted octanol–water partition coefficient (Wildman–Crippen LogP) is 3.23. The molecule has 4 heteroatoms. The van der Waals surface area contributed by atoms with Gasteiger partial charge in [0, 0.05) is 23.7 Å². The molecule has 0 saturated carbocycles. The average Bonchev–Trinajstić information content (AvgIpc) is 2.57. The molecule has 0 amide bonds. The Bertz CT molecular complexity index is 578. The first-order chi connectivity index (χ1) is 11.2. The van der Waals surface area contributed by atoms with Crippen molar-refractivity contribution >= 4 is 11.6 Å². The number of rotatable bonds is 10. The Labute approximate surface area is 138 Å². The van der Waals surface area contributed by atoms with E-state index in [2.05, 4.69) is 5.32 Å². The molecule has 0 heterocycles. The summed E-state index contributed by atoms with van der Waals surface area (Å²) in [4.78, 5) is 24.4. The number of hydrogen-bond donors (Lipinski definition) is 2. The topological polar surface area (TPSA) is 72.2 Å². The highest BCUT2D eigenvalue weighted by Crippen LogP contribution is 2.19. The summed E-state index contributed by atoms with van der Waals surface area (Å²) in [6.07, 6.45) is 9.62. The van der Waals surface area contributed by atoms with Crippen molar-refractivity contribution in [1.29, 1.82) is 0 Å². The fourth-order valence-corrected chi connectivity index (χ4v) is 2.82. The normalized spacial score (nSPS) is 13.7. The van der Waals surface area contributed by atoms with Crippen LogP contribution in [-0.4, -0.2) is 24.7 Å². The van der Waals surface area contributed by atoms with Crippen molar-refractivity contribution in [3.8, 4) is 0 Å². The molecule has 0 aliphatic heterocycles. The molecular formula is C19H26N2O2. The smallest absolute Gasteiger partial charge is 0.209 e. The molecular weight excluding hydrogens is 288 g/mol. The van der Waals surface area contributed by atoms with Gasteiger partial charge in [0.25, 0.3) is 0 Å². The van der Waals surface area contributed by atoms with Crippen LogP contribution < -0.4 is 11.1 Å². The number of carbonyl (C=O) groups is 2. The summed E-state index contributed by atoms with van der Waals surface area (Å²) in [6.45, 7) is 1.52. The van der Waals surface area contributed by atoms with E-state index in [0.717, 1.165) is 32.4 Å². The molecule has 2 rings (SSSR count). The van der Waals surface area contributed by atoms with E-state index in [1.54, 1.807) is 24.3 Å². The maximum Gasteiger partial charge on any atom is 0.209 e. The number of ketones is 2. The molecule has 1 aliphatic carbocycles. The van der Waals surface area contributed by atoms with Gasteiger partial charge >= 0.3 is 0 Å². The molecule has 0 fully saturated rings. The van der Waals surface area contributed by atoms with Crippen LogP contribution >= 0.6 is 0 Å². The summed E-state index contributed by atoms with van der Waals surface area (Å²) < 4.78 is 0. The molecule has 0 unspecified atom stereocenters. The molecule has 0 spiro atoms. The van der Waals surface area contributed by atoms with E-state index in [0.29, 0.717) is 16.8 Å². The van der Waals surface area contributed by atoms with Crippen molar-refractivity contribution in [3.05, 3.63) is 47.2 Å². The summed E-state index contributed by atoms with van der Waals surface area (Å²) in [6, 6.07) is 6.99. The molecule has 1 aliphatic rings. The minimum absolute atomic E-state index is 0.0815. The molecule has 23 heavy (non-hydrogen) atoms. The Morgan fingerprint density at radius 3 is 2.13 bits per heavy atom. The second-order valence-electron chi connectivity index (χ2n) is 5.99. The monoisotopic (exact) mass is 314 g/mol. The number of fused-ring (bicyclic) bond motifs is 1. The Morgan fingerprint density at radius 2 is 1.43 bits per heavy atom. The lowest BCUT2D eigenvalue weighted by Crippen LogP contribution is -2.27. The Hall–Kier alpha value is -1.94. The molecule has 0 aromatic heterocycles. The maximum absolute atomic E-state index is 12.3. The van der Waals surface area contributed by atoms with Gasteiger partial charge in [0.05, 0.1) is 5.70 Å². The number of nitrogens with two attached hydrogens (primary N) is 1. The molecule has 4 nitrogen and oxygen atoms in total. The highest BCUT2D eigenvalue weighted by molar-refractivity contribution is 6.24. The first kappa shape index (κ1) is 17.4. The first-order valence-electron chi connectivity index (χ1n) is 8.57. The Balaban J connectivity index is 1.69. The van der Waals surface area contributed by atoms with E-state index in [9.17, 15) is 9.59 Å². The zero-order valence-corrected chi connectivity index (χ0v) is 13.6. The summed E-state index contributed by atoms with van der Waals surface area (Å²) in [7, 11) is 0. The number of Topliss-reactive ketones (excluding diaryl/α,β-unsaturated/α-hetero) is 1. The lowest BCUT2D eigenvalue weighted by molar-refractivity contribution is 0.0978. The van der Waals surface area contributed by atoms with Crippen LogP contribution in [0.2, 0.25) is 0 Å². The number of allylic oxidation sites excluding steroid dienone is 2. The third-order valence-electron chi connectivity index (χ3n) is 4.15. The fourth-order valence-electron chi connectivity index (χ4n) is 2.82. The molecule has 124 valence electrons. The fraction of sp³-hybridized carbons (Fsp3) is 0.474. The summed E-state index contributed by atoms with van der Waals surface area (Å²) in [5.41, 5.74) is 6.90. The second kappa shape index (κ2) is 9.26. The van der Waals surface area contributed by atoms with E-state index in [-0.39, 0.29) is 11.6 Å². The van der Waals surface area contributed by atoms with Gasteiger partial charge in [-0.1, -0.05) is 56.4 Å². The van der Waals surface area contributed by atoms with Crippen molar-refractivity contribution in [2.45, 2.75) is 44.9 Å². The highest BCUT2D eigenvalue weighted by Gasteiger charge is 2.24. The molecule has 3 N–H and O–H groups in total. The highest BCUT2D eigenvalue weighted by atomic mass is 16.1. The van der Waals surface area contributed by atoms with E-state index in [4.69, 9.17) is 5.73 Å². The van der Waals surface area contributed by atoms with Crippen molar-refractivity contribution in [2.24, 2.45) is 5.73 Å². The van der Waals surface area contributed by atoms with Crippen LogP contribution in [0.5, 0.6) is 0 Å². The molecule has 1 aromatic rings. The SMILES string of the molecule is NCCCCCCCCCNC1=CC(=O)c2ccccc2C1=O. The molecule has 0 bridgehead atoms. The van der Waals surface area contributed by atoms with Gasteiger partial charge in [-0.2, -0.15) is 0 Å². The average molecular weight is 314 g/mol. The minimum Gasteiger partial charge on any atom is -0.382 e. The van der Waals surface area contributed by atoms with Gasteiger partial charge in [0.2, 0.25) is 5.78 Å². The quantitative estimate of drug-likeness (QED) is 0.650. The van der Waals surface area contributed by atoms with Gasteiger partial charge in [0.15, 0.2) is 5.78 Å². The second-order valence-corrected chi connectivity index (χ2v) is 5.99. The van der Waals surface area contributed by atoms with Gasteiger partial charge < -0.3 is 11.1 Å². The third-order valence-corrected chi connectivity index (χ3v) is 4.15. The van der Waals surface area contributed by atoms with Crippen molar-refractivity contribution in [2.75, 3.05) is 13.1 Å². The lowest BCUT2D eigenvalue weighted by Gasteiger charge is -2.16. The van der Waals surface area contributed by atoms with E-state index < -0.39 is 0 Å². The Morgan fingerprint density at radius 1 is 0.826 bits per heavy atom. The largest absolute Gasteiger partial charge is 0.382 e. The summed E-state index contributed by atoms with van der Waals surface area (Å²) in [5, 5.41) is 3.13. The number of benzene rings is 1. The third kappa shape index (κ3) is 5.03. The van der Waals surface area contributed by atoms with Crippen molar-refractivity contribution < 1.29 is 9.59 Å². The van der Waals surface area contributed by atoms with Gasteiger partial charge in [-0.05, 0) is 19.4 Å². The lowest BCUT2D eigenvalue weighted by atomic mass is 9.93. The van der Waals surface area contributed by atoms with Gasteiger partial charge in [-0.15, -0.1) is 0 Å². The summed E-state index contributed by atoms with van der Waals surface area (Å²) >= 11 is 0. The van der Waals surface area contributed by atoms with E-state index >= 15 is 0 Å². The molecule has 0 radical (unpaired) electrons. The zero-order chi connectivity index (χ0) is 16.5. The van der Waals surface area contributed by atoms with Gasteiger partial charge in [-0.25, -0.2) is 0 Å². The molecule has 1 aromatic carbocycles. The van der Waals surface area contributed by atoms with Crippen LogP contribution in [0.25, 0.3) is 0 Å². The van der Waals surface area contributed by atoms with Crippen LogP contribution in [-0.2, 0) is 0 Å². The molecule has 0 saturated heterocycles. The minimum atomic E-state index is -0.0948. The zero-order valence-electron chi connectivity index (χ0n) is 13.6. The number of carbonyl (C=O) groups excluding carboxylic acids is 2. The van der Waals surface area contributed by atoms with E-state index in [1.165, 1.54) is 31.8 Å².